The van der Waals surface area contributed by atoms with Gasteiger partial charge in [0.1, 0.15) is 0 Å². The molecule has 2 nitrogen and oxygen atoms in total. The van der Waals surface area contributed by atoms with Crippen LogP contribution in [0.3, 0.4) is 0 Å². The molecule has 0 aliphatic carbocycles. The maximum absolute atomic E-state index is 3.59. The van der Waals surface area contributed by atoms with E-state index in [4.69, 9.17) is 0 Å². The Balaban J connectivity index is 1.61. The molecule has 1 aromatic rings. The van der Waals surface area contributed by atoms with Gasteiger partial charge in [-0.25, -0.2) is 0 Å². The molecule has 0 saturated carbocycles. The number of piperidine rings is 1. The van der Waals surface area contributed by atoms with Crippen LogP contribution in [-0.4, -0.2) is 19.6 Å². The van der Waals surface area contributed by atoms with Crippen molar-refractivity contribution in [2.24, 2.45) is 11.8 Å². The van der Waals surface area contributed by atoms with Gasteiger partial charge in [0.2, 0.25) is 0 Å². The summed E-state index contributed by atoms with van der Waals surface area (Å²) in [5.41, 5.74) is 1.43. The van der Waals surface area contributed by atoms with E-state index in [-0.39, 0.29) is 0 Å². The molecule has 1 aliphatic rings. The van der Waals surface area contributed by atoms with E-state index in [1.165, 1.54) is 42.8 Å². The van der Waals surface area contributed by atoms with Crippen molar-refractivity contribution in [2.75, 3.05) is 19.6 Å². The normalized spacial score (nSPS) is 22.0. The zero-order chi connectivity index (χ0) is 12.8. The van der Waals surface area contributed by atoms with Crippen LogP contribution < -0.4 is 10.6 Å². The van der Waals surface area contributed by atoms with Crippen LogP contribution in [0.1, 0.15) is 36.6 Å². The van der Waals surface area contributed by atoms with E-state index in [2.05, 4.69) is 35.9 Å². The Morgan fingerprint density at radius 3 is 3.11 bits per heavy atom. The number of rotatable bonds is 6. The third-order valence-corrected chi connectivity index (χ3v) is 5.19. The van der Waals surface area contributed by atoms with Crippen LogP contribution in [0.25, 0.3) is 0 Å². The summed E-state index contributed by atoms with van der Waals surface area (Å²) in [4.78, 5) is 1.49. The summed E-state index contributed by atoms with van der Waals surface area (Å²) in [7, 11) is 0. The zero-order valence-electron chi connectivity index (χ0n) is 11.7. The maximum Gasteiger partial charge on any atom is 0.0302 e. The van der Waals surface area contributed by atoms with Gasteiger partial charge in [0, 0.05) is 11.4 Å². The second-order valence-electron chi connectivity index (χ2n) is 5.58. The first-order chi connectivity index (χ1) is 8.77. The van der Waals surface area contributed by atoms with Crippen molar-refractivity contribution in [2.45, 2.75) is 39.7 Å². The quantitative estimate of drug-likeness (QED) is 0.773. The van der Waals surface area contributed by atoms with Crippen molar-refractivity contribution in [3.63, 3.8) is 0 Å². The second-order valence-corrected chi connectivity index (χ2v) is 6.58. The van der Waals surface area contributed by atoms with Gasteiger partial charge in [-0.1, -0.05) is 6.92 Å². The van der Waals surface area contributed by atoms with Gasteiger partial charge in [-0.2, -0.15) is 0 Å². The van der Waals surface area contributed by atoms with Gasteiger partial charge in [-0.15, -0.1) is 11.3 Å². The second kappa shape index (κ2) is 7.27. The van der Waals surface area contributed by atoms with E-state index in [0.29, 0.717) is 0 Å². The van der Waals surface area contributed by atoms with Crippen molar-refractivity contribution in [1.29, 1.82) is 0 Å². The van der Waals surface area contributed by atoms with Crippen molar-refractivity contribution in [3.05, 3.63) is 21.9 Å². The summed E-state index contributed by atoms with van der Waals surface area (Å²) in [6, 6.07) is 2.21. The maximum atomic E-state index is 3.59. The molecule has 2 rings (SSSR count). The minimum absolute atomic E-state index is 0.842. The van der Waals surface area contributed by atoms with Crippen molar-refractivity contribution >= 4 is 11.3 Å². The Bertz CT molecular complexity index is 342. The lowest BCUT2D eigenvalue weighted by molar-refractivity contribution is 0.266. The van der Waals surface area contributed by atoms with Crippen LogP contribution >= 0.6 is 11.3 Å². The fourth-order valence-electron chi connectivity index (χ4n) is 2.72. The Kier molecular flexibility index (Phi) is 5.67. The fraction of sp³-hybridized carbons (Fsp3) is 0.733. The van der Waals surface area contributed by atoms with Gasteiger partial charge in [-0.3, -0.25) is 0 Å². The molecule has 0 amide bonds. The molecule has 0 bridgehead atoms. The van der Waals surface area contributed by atoms with Gasteiger partial charge in [0.15, 0.2) is 0 Å². The average Bonchev–Trinajstić information content (AvgIpc) is 2.81. The van der Waals surface area contributed by atoms with Gasteiger partial charge in [0.05, 0.1) is 0 Å². The minimum Gasteiger partial charge on any atom is -0.316 e. The molecule has 0 aromatic carbocycles. The lowest BCUT2D eigenvalue weighted by Gasteiger charge is -2.28. The lowest BCUT2D eigenvalue weighted by atomic mass is 9.85. The third-order valence-electron chi connectivity index (χ3n) is 4.17. The number of hydrogen-bond acceptors (Lipinski definition) is 3. The van der Waals surface area contributed by atoms with Crippen molar-refractivity contribution in [1.82, 2.24) is 10.6 Å². The van der Waals surface area contributed by atoms with Crippen molar-refractivity contribution < 1.29 is 0 Å². The molecular formula is C15H26N2S. The minimum atomic E-state index is 0.842. The molecule has 2 heterocycles. The standard InChI is InChI=1S/C15H26N2S/c1-12(14-4-3-7-16-10-14)5-8-17-11-15-13(2)6-9-18-15/h6,9,12,14,16-17H,3-5,7-8,10-11H2,1-2H3. The monoisotopic (exact) mass is 266 g/mol. The summed E-state index contributed by atoms with van der Waals surface area (Å²) >= 11 is 1.86. The molecule has 0 radical (unpaired) electrons. The largest absolute Gasteiger partial charge is 0.316 e. The third kappa shape index (κ3) is 4.08. The zero-order valence-corrected chi connectivity index (χ0v) is 12.5. The average molecular weight is 266 g/mol. The Labute approximate surface area is 115 Å². The van der Waals surface area contributed by atoms with E-state index in [1.54, 1.807) is 0 Å². The Hall–Kier alpha value is -0.380. The number of thiophene rings is 1. The van der Waals surface area contributed by atoms with E-state index >= 15 is 0 Å². The molecule has 18 heavy (non-hydrogen) atoms. The highest BCUT2D eigenvalue weighted by Crippen LogP contribution is 2.22. The molecule has 102 valence electrons. The summed E-state index contributed by atoms with van der Waals surface area (Å²) in [5.74, 6) is 1.73. The highest BCUT2D eigenvalue weighted by atomic mass is 32.1. The first-order valence-corrected chi connectivity index (χ1v) is 8.09. The molecule has 1 aromatic heterocycles. The smallest absolute Gasteiger partial charge is 0.0302 e. The summed E-state index contributed by atoms with van der Waals surface area (Å²) in [6.07, 6.45) is 4.08. The van der Waals surface area contributed by atoms with E-state index in [9.17, 15) is 0 Å². The van der Waals surface area contributed by atoms with Gasteiger partial charge < -0.3 is 10.6 Å². The van der Waals surface area contributed by atoms with Crippen LogP contribution in [0.2, 0.25) is 0 Å². The topological polar surface area (TPSA) is 24.1 Å². The van der Waals surface area contributed by atoms with Crippen molar-refractivity contribution in [3.8, 4) is 0 Å². The van der Waals surface area contributed by atoms with Gasteiger partial charge in [0.25, 0.3) is 0 Å². The van der Waals surface area contributed by atoms with Gasteiger partial charge in [-0.05, 0) is 74.7 Å². The highest BCUT2D eigenvalue weighted by molar-refractivity contribution is 7.10. The molecule has 1 saturated heterocycles. The summed E-state index contributed by atoms with van der Waals surface area (Å²) < 4.78 is 0. The van der Waals surface area contributed by atoms with Crippen LogP contribution in [0, 0.1) is 18.8 Å². The molecule has 3 heteroatoms. The Morgan fingerprint density at radius 1 is 1.56 bits per heavy atom. The predicted molar refractivity (Wildman–Crippen MR) is 80.1 cm³/mol. The molecule has 2 N–H and O–H groups in total. The Morgan fingerprint density at radius 2 is 2.44 bits per heavy atom. The number of nitrogens with one attached hydrogen (secondary N) is 2. The molecule has 2 unspecified atom stereocenters. The van der Waals surface area contributed by atoms with E-state index in [1.807, 2.05) is 11.3 Å². The predicted octanol–water partition coefficient (Wildman–Crippen LogP) is 3.17. The number of hydrogen-bond donors (Lipinski definition) is 2. The van der Waals surface area contributed by atoms with Gasteiger partial charge >= 0.3 is 0 Å². The van der Waals surface area contributed by atoms with Crippen LogP contribution in [0.5, 0.6) is 0 Å². The fourth-order valence-corrected chi connectivity index (χ4v) is 3.59. The molecule has 0 spiro atoms. The summed E-state index contributed by atoms with van der Waals surface area (Å²) in [5, 5.41) is 9.29. The molecular weight excluding hydrogens is 240 g/mol. The first kappa shape index (κ1) is 14.0. The lowest BCUT2D eigenvalue weighted by Crippen LogP contribution is -2.34. The highest BCUT2D eigenvalue weighted by Gasteiger charge is 2.19. The summed E-state index contributed by atoms with van der Waals surface area (Å²) in [6.45, 7) is 9.25. The first-order valence-electron chi connectivity index (χ1n) is 7.22. The number of aryl methyl sites for hydroxylation is 1. The van der Waals surface area contributed by atoms with E-state index < -0.39 is 0 Å². The molecule has 2 atom stereocenters. The van der Waals surface area contributed by atoms with Crippen LogP contribution in [0.15, 0.2) is 11.4 Å². The van der Waals surface area contributed by atoms with Crippen LogP contribution in [0.4, 0.5) is 0 Å². The van der Waals surface area contributed by atoms with E-state index in [0.717, 1.165) is 24.9 Å². The SMILES string of the molecule is Cc1ccsc1CNCCC(C)C1CCCNC1. The van der Waals surface area contributed by atoms with Crippen LogP contribution in [-0.2, 0) is 6.54 Å². The molecule has 1 fully saturated rings. The molecule has 1 aliphatic heterocycles.